The molecule has 0 spiro atoms. The van der Waals surface area contributed by atoms with E-state index in [9.17, 15) is 13.2 Å². The van der Waals surface area contributed by atoms with Crippen molar-refractivity contribution in [2.75, 3.05) is 0 Å². The van der Waals surface area contributed by atoms with Crippen LogP contribution in [0, 0.1) is 16.7 Å². The van der Waals surface area contributed by atoms with Crippen molar-refractivity contribution < 1.29 is 22.9 Å². The number of hydrogen-bond acceptors (Lipinski definition) is 4. The molecular weight excluding hydrogens is 303 g/mol. The van der Waals surface area contributed by atoms with Gasteiger partial charge in [0.25, 0.3) is 0 Å². The number of allylic oxidation sites excluding steroid dienone is 1. The summed E-state index contributed by atoms with van der Waals surface area (Å²) in [5.74, 6) is 0.218. The van der Waals surface area contributed by atoms with Crippen molar-refractivity contribution >= 4 is 27.7 Å². The molecule has 0 aromatic carbocycles. The van der Waals surface area contributed by atoms with E-state index in [1.54, 1.807) is 18.2 Å². The lowest BCUT2D eigenvalue weighted by Crippen LogP contribution is -2.74. The summed E-state index contributed by atoms with van der Waals surface area (Å²) in [5.41, 5.74) is -1.35. The SMILES string of the molecule is N#Cc1ccc([NH2+]/C(=C\C(=N)C(F)(F)F)c2ccco2)s1. The van der Waals surface area contributed by atoms with Gasteiger partial charge in [0.1, 0.15) is 16.7 Å². The van der Waals surface area contributed by atoms with Gasteiger partial charge >= 0.3 is 6.18 Å². The Kier molecular flexibility index (Phi) is 4.26. The highest BCUT2D eigenvalue weighted by Gasteiger charge is 2.34. The molecule has 0 aliphatic heterocycles. The molecular formula is C13H9F3N3OS+. The maximum Gasteiger partial charge on any atom is 0.432 e. The number of nitrogens with zero attached hydrogens (tertiary/aromatic N) is 1. The summed E-state index contributed by atoms with van der Waals surface area (Å²) in [5, 5.41) is 17.9. The van der Waals surface area contributed by atoms with Crippen LogP contribution in [-0.2, 0) is 0 Å². The molecule has 0 fully saturated rings. The first-order valence-corrected chi connectivity index (χ1v) is 6.48. The standard InChI is InChI=1S/C13H8F3N3OS/c14-13(15,16)11(18)6-9(10-2-1-5-20-10)19-12-4-3-8(7-17)21-12/h1-6,18-19H/p+1/b9-6-,18-11?. The third-order valence-electron chi connectivity index (χ3n) is 2.45. The lowest BCUT2D eigenvalue weighted by atomic mass is 10.2. The van der Waals surface area contributed by atoms with Crippen LogP contribution in [0.5, 0.6) is 0 Å². The van der Waals surface area contributed by atoms with Gasteiger partial charge in [0.15, 0.2) is 16.5 Å². The van der Waals surface area contributed by atoms with Crippen molar-refractivity contribution in [3.8, 4) is 6.07 Å². The minimum absolute atomic E-state index is 0.119. The highest BCUT2D eigenvalue weighted by atomic mass is 32.1. The molecule has 0 saturated carbocycles. The molecule has 0 amide bonds. The molecule has 2 aromatic rings. The Morgan fingerprint density at radius 2 is 2.14 bits per heavy atom. The summed E-state index contributed by atoms with van der Waals surface area (Å²) in [6.45, 7) is 0. The van der Waals surface area contributed by atoms with E-state index in [2.05, 4.69) is 0 Å². The Labute approximate surface area is 121 Å². The molecule has 108 valence electrons. The molecule has 2 heterocycles. The van der Waals surface area contributed by atoms with E-state index in [1.807, 2.05) is 6.07 Å². The Bertz CT molecular complexity index is 708. The van der Waals surface area contributed by atoms with Crippen molar-refractivity contribution in [3.05, 3.63) is 47.2 Å². The van der Waals surface area contributed by atoms with Crippen LogP contribution >= 0.6 is 11.3 Å². The van der Waals surface area contributed by atoms with Crippen LogP contribution < -0.4 is 5.32 Å². The van der Waals surface area contributed by atoms with E-state index in [1.165, 1.54) is 17.6 Å². The van der Waals surface area contributed by atoms with Crippen LogP contribution in [0.1, 0.15) is 10.6 Å². The number of alkyl halides is 3. The van der Waals surface area contributed by atoms with Gasteiger partial charge in [-0.05, 0) is 18.2 Å². The Hall–Kier alpha value is -2.37. The summed E-state index contributed by atoms with van der Waals surface area (Å²) in [4.78, 5) is 0.450. The van der Waals surface area contributed by atoms with Crippen molar-refractivity contribution in [2.24, 2.45) is 0 Å². The number of nitriles is 1. The zero-order chi connectivity index (χ0) is 15.5. The summed E-state index contributed by atoms with van der Waals surface area (Å²) in [6.07, 6.45) is -2.69. The van der Waals surface area contributed by atoms with E-state index < -0.39 is 11.9 Å². The van der Waals surface area contributed by atoms with Gasteiger partial charge in [0.2, 0.25) is 0 Å². The first kappa shape index (κ1) is 15.0. The van der Waals surface area contributed by atoms with Gasteiger partial charge < -0.3 is 4.42 Å². The van der Waals surface area contributed by atoms with Gasteiger partial charge in [0, 0.05) is 12.1 Å². The number of thiophene rings is 1. The molecule has 3 N–H and O–H groups in total. The second kappa shape index (κ2) is 5.95. The summed E-state index contributed by atoms with van der Waals surface area (Å²) >= 11 is 1.14. The molecule has 2 rings (SSSR count). The largest absolute Gasteiger partial charge is 0.459 e. The van der Waals surface area contributed by atoms with Gasteiger partial charge in [-0.1, -0.05) is 11.3 Å². The average molecular weight is 312 g/mol. The van der Waals surface area contributed by atoms with Gasteiger partial charge in [-0.3, -0.25) is 10.7 Å². The highest BCUT2D eigenvalue weighted by molar-refractivity contribution is 7.15. The quantitative estimate of drug-likeness (QED) is 0.851. The summed E-state index contributed by atoms with van der Waals surface area (Å²) in [6, 6.07) is 8.20. The molecule has 0 aliphatic rings. The first-order chi connectivity index (χ1) is 9.90. The Morgan fingerprint density at radius 1 is 1.38 bits per heavy atom. The normalized spacial score (nSPS) is 12.2. The summed E-state index contributed by atoms with van der Waals surface area (Å²) < 4.78 is 42.6. The third kappa shape index (κ3) is 3.81. The summed E-state index contributed by atoms with van der Waals surface area (Å²) in [7, 11) is 0. The van der Waals surface area contributed by atoms with E-state index >= 15 is 0 Å². The fraction of sp³-hybridized carbons (Fsp3) is 0.0769. The van der Waals surface area contributed by atoms with Gasteiger partial charge in [-0.15, -0.1) is 0 Å². The van der Waals surface area contributed by atoms with E-state index in [0.29, 0.717) is 16.0 Å². The highest BCUT2D eigenvalue weighted by Crippen LogP contribution is 2.21. The molecule has 0 saturated heterocycles. The smallest absolute Gasteiger partial charge is 0.432 e. The van der Waals surface area contributed by atoms with Crippen LogP contribution in [0.4, 0.5) is 18.2 Å². The van der Waals surface area contributed by atoms with Gasteiger partial charge in [0.05, 0.1) is 6.26 Å². The third-order valence-corrected chi connectivity index (χ3v) is 3.38. The van der Waals surface area contributed by atoms with Crippen molar-refractivity contribution in [1.82, 2.24) is 0 Å². The van der Waals surface area contributed by atoms with Gasteiger partial charge in [-0.2, -0.15) is 18.4 Å². The topological polar surface area (TPSA) is 77.4 Å². The van der Waals surface area contributed by atoms with Crippen molar-refractivity contribution in [1.29, 1.82) is 10.7 Å². The van der Waals surface area contributed by atoms with Crippen LogP contribution in [0.2, 0.25) is 0 Å². The average Bonchev–Trinajstić information content (AvgIpc) is 3.07. The van der Waals surface area contributed by atoms with Crippen molar-refractivity contribution in [3.63, 3.8) is 0 Å². The molecule has 8 heteroatoms. The maximum absolute atomic E-state index is 12.5. The van der Waals surface area contributed by atoms with Crippen molar-refractivity contribution in [2.45, 2.75) is 6.18 Å². The van der Waals surface area contributed by atoms with E-state index in [0.717, 1.165) is 11.3 Å². The van der Waals surface area contributed by atoms with Crippen LogP contribution in [0.3, 0.4) is 0 Å². The van der Waals surface area contributed by atoms with E-state index in [4.69, 9.17) is 15.1 Å². The molecule has 0 bridgehead atoms. The fourth-order valence-electron chi connectivity index (χ4n) is 1.51. The number of quaternary nitrogens is 1. The molecule has 0 atom stereocenters. The number of nitrogens with one attached hydrogen (secondary N) is 1. The number of rotatable bonds is 4. The second-order valence-electron chi connectivity index (χ2n) is 3.95. The number of nitrogens with two attached hydrogens (primary N) is 1. The molecule has 0 radical (unpaired) electrons. The molecule has 0 unspecified atom stereocenters. The van der Waals surface area contributed by atoms with Gasteiger partial charge in [-0.25, -0.2) is 0 Å². The second-order valence-corrected chi connectivity index (χ2v) is 5.06. The first-order valence-electron chi connectivity index (χ1n) is 5.66. The Morgan fingerprint density at radius 3 is 2.67 bits per heavy atom. The zero-order valence-corrected chi connectivity index (χ0v) is 11.3. The lowest BCUT2D eigenvalue weighted by molar-refractivity contribution is -0.465. The predicted octanol–water partition coefficient (Wildman–Crippen LogP) is 3.03. The van der Waals surface area contributed by atoms with E-state index in [-0.39, 0.29) is 11.5 Å². The van der Waals surface area contributed by atoms with Crippen LogP contribution in [-0.4, -0.2) is 11.9 Å². The fourth-order valence-corrected chi connectivity index (χ4v) is 2.27. The molecule has 21 heavy (non-hydrogen) atoms. The van der Waals surface area contributed by atoms with Crippen LogP contribution in [0.15, 0.2) is 41.0 Å². The zero-order valence-electron chi connectivity index (χ0n) is 10.4. The lowest BCUT2D eigenvalue weighted by Gasteiger charge is -2.05. The molecule has 2 aromatic heterocycles. The number of furan rings is 1. The Balaban J connectivity index is 2.32. The minimum atomic E-state index is -4.72. The predicted molar refractivity (Wildman–Crippen MR) is 71.1 cm³/mol. The monoisotopic (exact) mass is 312 g/mol. The molecule has 4 nitrogen and oxygen atoms in total. The minimum Gasteiger partial charge on any atom is -0.459 e. The number of halogens is 3. The maximum atomic E-state index is 12.5. The van der Waals surface area contributed by atoms with Crippen LogP contribution in [0.25, 0.3) is 5.70 Å². The number of hydrogen-bond donors (Lipinski definition) is 2. The molecule has 0 aliphatic carbocycles.